The number of para-hydroxylation sites is 2. The molecule has 0 bridgehead atoms. The van der Waals surface area contributed by atoms with E-state index in [1.165, 1.54) is 16.3 Å². The van der Waals surface area contributed by atoms with Gasteiger partial charge in [-0.15, -0.1) is 0 Å². The molecule has 51 heavy (non-hydrogen) atoms. The minimum absolute atomic E-state index is 0.591. The fourth-order valence-electron chi connectivity index (χ4n) is 7.20. The summed E-state index contributed by atoms with van der Waals surface area (Å²) in [6.45, 7) is 2.12. The summed E-state index contributed by atoms with van der Waals surface area (Å²) in [6.07, 6.45) is 0. The average molecular weight is 655 g/mol. The van der Waals surface area contributed by atoms with Crippen LogP contribution < -0.4 is 0 Å². The summed E-state index contributed by atoms with van der Waals surface area (Å²) in [6, 6.07) is 56.8. The molecule has 0 radical (unpaired) electrons. The second kappa shape index (κ2) is 11.6. The Kier molecular flexibility index (Phi) is 6.64. The van der Waals surface area contributed by atoms with E-state index in [-0.39, 0.29) is 0 Å². The topological polar surface area (TPSA) is 56.7 Å². The van der Waals surface area contributed by atoms with Crippen LogP contribution in [0.15, 0.2) is 168 Å². The Morgan fingerprint density at radius 1 is 0.412 bits per heavy atom. The van der Waals surface area contributed by atoms with Crippen LogP contribution in [0.5, 0.6) is 0 Å². The summed E-state index contributed by atoms with van der Waals surface area (Å²) in [5.41, 5.74) is 11.1. The summed E-state index contributed by atoms with van der Waals surface area (Å²) in [4.78, 5) is 14.8. The highest BCUT2D eigenvalue weighted by Crippen LogP contribution is 2.41. The first-order valence-corrected chi connectivity index (χ1v) is 17.1. The number of hydrogen-bond acceptors (Lipinski definition) is 4. The number of fused-ring (bicyclic) bond motifs is 6. The third-order valence-corrected chi connectivity index (χ3v) is 9.72. The highest BCUT2D eigenvalue weighted by Gasteiger charge is 2.20. The second-order valence-corrected chi connectivity index (χ2v) is 13.0. The molecule has 0 saturated carbocycles. The highest BCUT2D eigenvalue weighted by molar-refractivity contribution is 6.14. The van der Waals surface area contributed by atoms with Gasteiger partial charge in [0.05, 0.1) is 16.7 Å². The fraction of sp³-hybridized carbons (Fsp3) is 0.0217. The number of nitrogens with zero attached hydrogens (tertiary/aromatic N) is 4. The van der Waals surface area contributed by atoms with Crippen molar-refractivity contribution in [3.63, 3.8) is 0 Å². The van der Waals surface area contributed by atoms with E-state index in [9.17, 15) is 0 Å². The number of aryl methyl sites for hydroxylation is 1. The van der Waals surface area contributed by atoms with Crippen LogP contribution in [-0.2, 0) is 0 Å². The maximum atomic E-state index is 6.92. The molecule has 3 aromatic heterocycles. The highest BCUT2D eigenvalue weighted by atomic mass is 16.3. The summed E-state index contributed by atoms with van der Waals surface area (Å²) in [7, 11) is 0. The molecular formula is C46H30N4O. The van der Waals surface area contributed by atoms with Gasteiger partial charge in [-0.1, -0.05) is 133 Å². The van der Waals surface area contributed by atoms with E-state index in [1.807, 2.05) is 60.7 Å². The minimum atomic E-state index is 0.591. The zero-order valence-corrected chi connectivity index (χ0v) is 27.8. The van der Waals surface area contributed by atoms with E-state index in [0.717, 1.165) is 66.5 Å². The van der Waals surface area contributed by atoms with Crippen molar-refractivity contribution in [1.29, 1.82) is 0 Å². The normalized spacial score (nSPS) is 11.6. The quantitative estimate of drug-likeness (QED) is 0.185. The lowest BCUT2D eigenvalue weighted by atomic mass is 10.00. The molecule has 0 saturated heterocycles. The van der Waals surface area contributed by atoms with Gasteiger partial charge < -0.3 is 8.98 Å². The molecule has 0 unspecified atom stereocenters. The zero-order valence-electron chi connectivity index (χ0n) is 27.8. The van der Waals surface area contributed by atoms with Crippen molar-refractivity contribution in [3.8, 4) is 51.0 Å². The van der Waals surface area contributed by atoms with E-state index in [4.69, 9.17) is 19.4 Å². The molecule has 5 heteroatoms. The third kappa shape index (κ3) is 4.90. The van der Waals surface area contributed by atoms with Crippen LogP contribution in [0.2, 0.25) is 0 Å². The van der Waals surface area contributed by atoms with E-state index >= 15 is 0 Å². The van der Waals surface area contributed by atoms with Gasteiger partial charge in [-0.05, 0) is 54.4 Å². The second-order valence-electron chi connectivity index (χ2n) is 13.0. The first kappa shape index (κ1) is 29.1. The van der Waals surface area contributed by atoms with Crippen LogP contribution >= 0.6 is 0 Å². The molecule has 0 aliphatic carbocycles. The van der Waals surface area contributed by atoms with Crippen molar-refractivity contribution in [2.24, 2.45) is 0 Å². The summed E-state index contributed by atoms with van der Waals surface area (Å²) >= 11 is 0. The molecule has 10 rings (SSSR count). The van der Waals surface area contributed by atoms with Crippen molar-refractivity contribution < 1.29 is 4.42 Å². The Hall–Kier alpha value is -6.85. The first-order valence-electron chi connectivity index (χ1n) is 17.1. The van der Waals surface area contributed by atoms with Gasteiger partial charge in [0.2, 0.25) is 0 Å². The van der Waals surface area contributed by atoms with Gasteiger partial charge in [-0.2, -0.15) is 0 Å². The predicted octanol–water partition coefficient (Wildman–Crippen LogP) is 11.8. The maximum Gasteiger partial charge on any atom is 0.164 e. The van der Waals surface area contributed by atoms with E-state index in [0.29, 0.717) is 17.5 Å². The molecule has 0 N–H and O–H groups in total. The standard InChI is InChI=1S/C46H30N4O/c1-29-20-22-30(23-21-29)34-26-38-37-25-24-33(46-48-44(31-12-4-2-5-13-31)47-45(49-46)32-14-6-3-7-15-32)28-42(37)51-43(38)41(27-34)50-39-18-10-8-16-35(39)36-17-9-11-19-40(36)50/h2-28H,1H3. The summed E-state index contributed by atoms with van der Waals surface area (Å²) in [5, 5.41) is 4.50. The molecule has 0 atom stereocenters. The van der Waals surface area contributed by atoms with Crippen LogP contribution in [0.3, 0.4) is 0 Å². The van der Waals surface area contributed by atoms with E-state index < -0.39 is 0 Å². The van der Waals surface area contributed by atoms with Gasteiger partial charge in [0.15, 0.2) is 23.1 Å². The van der Waals surface area contributed by atoms with Crippen molar-refractivity contribution >= 4 is 43.7 Å². The molecule has 3 heterocycles. The van der Waals surface area contributed by atoms with Crippen molar-refractivity contribution in [2.75, 3.05) is 0 Å². The van der Waals surface area contributed by atoms with Gasteiger partial charge >= 0.3 is 0 Å². The van der Waals surface area contributed by atoms with Crippen molar-refractivity contribution in [3.05, 3.63) is 169 Å². The number of benzene rings is 7. The fourth-order valence-corrected chi connectivity index (χ4v) is 7.20. The molecule has 240 valence electrons. The van der Waals surface area contributed by atoms with E-state index in [1.54, 1.807) is 0 Å². The predicted molar refractivity (Wildman–Crippen MR) is 208 cm³/mol. The van der Waals surface area contributed by atoms with Crippen LogP contribution in [0, 0.1) is 6.92 Å². The Morgan fingerprint density at radius 2 is 0.941 bits per heavy atom. The molecule has 0 spiro atoms. The Balaban J connectivity index is 1.23. The summed E-state index contributed by atoms with van der Waals surface area (Å²) < 4.78 is 9.26. The zero-order chi connectivity index (χ0) is 33.9. The van der Waals surface area contributed by atoms with Crippen LogP contribution in [0.1, 0.15) is 5.56 Å². The Bertz CT molecular complexity index is 2800. The largest absolute Gasteiger partial charge is 0.454 e. The first-order chi connectivity index (χ1) is 25.2. The molecule has 10 aromatic rings. The van der Waals surface area contributed by atoms with Crippen molar-refractivity contribution in [1.82, 2.24) is 19.5 Å². The lowest BCUT2D eigenvalue weighted by molar-refractivity contribution is 0.666. The number of rotatable bonds is 5. The van der Waals surface area contributed by atoms with Crippen LogP contribution in [0.4, 0.5) is 0 Å². The molecule has 0 aliphatic rings. The van der Waals surface area contributed by atoms with Gasteiger partial charge in [0.25, 0.3) is 0 Å². The molecule has 7 aromatic carbocycles. The van der Waals surface area contributed by atoms with Crippen LogP contribution in [-0.4, -0.2) is 19.5 Å². The number of furan rings is 1. The maximum absolute atomic E-state index is 6.92. The van der Waals surface area contributed by atoms with Crippen LogP contribution in [0.25, 0.3) is 94.7 Å². The molecule has 5 nitrogen and oxygen atoms in total. The molecular weight excluding hydrogens is 625 g/mol. The lowest BCUT2D eigenvalue weighted by Crippen LogP contribution is -2.00. The minimum Gasteiger partial charge on any atom is -0.454 e. The summed E-state index contributed by atoms with van der Waals surface area (Å²) in [5.74, 6) is 1.84. The Morgan fingerprint density at radius 3 is 1.55 bits per heavy atom. The number of hydrogen-bond donors (Lipinski definition) is 0. The SMILES string of the molecule is Cc1ccc(-c2cc(-n3c4ccccc4c4ccccc43)c3oc4cc(-c5nc(-c6ccccc6)nc(-c6ccccc6)n5)ccc4c3c2)cc1. The van der Waals surface area contributed by atoms with Gasteiger partial charge in [-0.3, -0.25) is 0 Å². The lowest BCUT2D eigenvalue weighted by Gasteiger charge is -2.12. The average Bonchev–Trinajstić information content (AvgIpc) is 3.74. The number of aromatic nitrogens is 4. The van der Waals surface area contributed by atoms with Gasteiger partial charge in [0, 0.05) is 38.2 Å². The monoisotopic (exact) mass is 654 g/mol. The third-order valence-electron chi connectivity index (χ3n) is 9.72. The molecule has 0 fully saturated rings. The van der Waals surface area contributed by atoms with Crippen molar-refractivity contribution in [2.45, 2.75) is 6.92 Å². The van der Waals surface area contributed by atoms with Gasteiger partial charge in [0.1, 0.15) is 5.58 Å². The molecule has 0 aliphatic heterocycles. The smallest absolute Gasteiger partial charge is 0.164 e. The molecule has 0 amide bonds. The van der Waals surface area contributed by atoms with Gasteiger partial charge in [-0.25, -0.2) is 15.0 Å². The van der Waals surface area contributed by atoms with E-state index in [2.05, 4.69) is 115 Å². The Labute approximate surface area is 294 Å².